The second-order valence-electron chi connectivity index (χ2n) is 5.34. The molecule has 0 radical (unpaired) electrons. The predicted octanol–water partition coefficient (Wildman–Crippen LogP) is 3.53. The van der Waals surface area contributed by atoms with Crippen LogP contribution < -0.4 is 10.2 Å². The zero-order valence-corrected chi connectivity index (χ0v) is 13.1. The van der Waals surface area contributed by atoms with Crippen LogP contribution in [-0.4, -0.2) is 30.3 Å². The SMILES string of the molecule is CCc1cc(CNC(C)C)cc(N(CC)CC(F)(F)F)n1. The Morgan fingerprint density at radius 1 is 1.24 bits per heavy atom. The Morgan fingerprint density at radius 2 is 1.90 bits per heavy atom. The number of aryl methyl sites for hydroxylation is 1. The minimum atomic E-state index is -4.23. The van der Waals surface area contributed by atoms with Gasteiger partial charge in [-0.3, -0.25) is 0 Å². The second kappa shape index (κ2) is 7.64. The zero-order valence-electron chi connectivity index (χ0n) is 13.1. The molecular weight excluding hydrogens is 279 g/mol. The number of pyridine rings is 1. The van der Waals surface area contributed by atoms with E-state index in [1.807, 2.05) is 26.8 Å². The van der Waals surface area contributed by atoms with E-state index in [9.17, 15) is 13.2 Å². The van der Waals surface area contributed by atoms with Crippen molar-refractivity contribution < 1.29 is 13.2 Å². The number of halogens is 3. The van der Waals surface area contributed by atoms with Crippen LogP contribution in [0.5, 0.6) is 0 Å². The van der Waals surface area contributed by atoms with Crippen LogP contribution in [-0.2, 0) is 13.0 Å². The summed E-state index contributed by atoms with van der Waals surface area (Å²) in [5, 5.41) is 3.28. The molecule has 1 aromatic heterocycles. The molecule has 3 nitrogen and oxygen atoms in total. The third-order valence-electron chi connectivity index (χ3n) is 3.08. The summed E-state index contributed by atoms with van der Waals surface area (Å²) >= 11 is 0. The van der Waals surface area contributed by atoms with Gasteiger partial charge in [0.2, 0.25) is 0 Å². The Labute approximate surface area is 124 Å². The minimum absolute atomic E-state index is 0.275. The number of nitrogens with one attached hydrogen (secondary N) is 1. The lowest BCUT2D eigenvalue weighted by molar-refractivity contribution is -0.119. The van der Waals surface area contributed by atoms with Crippen LogP contribution in [0.4, 0.5) is 19.0 Å². The normalized spacial score (nSPS) is 12.0. The van der Waals surface area contributed by atoms with Crippen molar-refractivity contribution >= 4 is 5.82 Å². The highest BCUT2D eigenvalue weighted by Crippen LogP contribution is 2.22. The van der Waals surface area contributed by atoms with Gasteiger partial charge in [0.25, 0.3) is 0 Å². The van der Waals surface area contributed by atoms with E-state index in [2.05, 4.69) is 10.3 Å². The smallest absolute Gasteiger partial charge is 0.348 e. The molecule has 0 bridgehead atoms. The average Bonchev–Trinajstić information content (AvgIpc) is 2.41. The molecule has 1 aromatic rings. The molecule has 0 aromatic carbocycles. The van der Waals surface area contributed by atoms with E-state index < -0.39 is 12.7 Å². The molecule has 0 aliphatic carbocycles. The molecule has 0 unspecified atom stereocenters. The Kier molecular flexibility index (Phi) is 6.45. The number of anilines is 1. The van der Waals surface area contributed by atoms with Crippen LogP contribution in [0.1, 0.15) is 39.0 Å². The highest BCUT2D eigenvalue weighted by Gasteiger charge is 2.30. The fourth-order valence-corrected chi connectivity index (χ4v) is 1.97. The summed E-state index contributed by atoms with van der Waals surface area (Å²) in [7, 11) is 0. The summed E-state index contributed by atoms with van der Waals surface area (Å²) in [6, 6.07) is 4.01. The molecule has 120 valence electrons. The lowest BCUT2D eigenvalue weighted by Crippen LogP contribution is -2.35. The van der Waals surface area contributed by atoms with Crippen molar-refractivity contribution in [1.29, 1.82) is 0 Å². The van der Waals surface area contributed by atoms with Crippen molar-refractivity contribution in [3.8, 4) is 0 Å². The fourth-order valence-electron chi connectivity index (χ4n) is 1.97. The van der Waals surface area contributed by atoms with Gasteiger partial charge in [-0.2, -0.15) is 13.2 Å². The third-order valence-corrected chi connectivity index (χ3v) is 3.08. The zero-order chi connectivity index (χ0) is 16.0. The Balaban J connectivity index is 3.00. The molecule has 1 heterocycles. The summed E-state index contributed by atoms with van der Waals surface area (Å²) < 4.78 is 37.9. The maximum atomic E-state index is 12.6. The molecule has 21 heavy (non-hydrogen) atoms. The fraction of sp³-hybridized carbons (Fsp3) is 0.667. The number of hydrogen-bond donors (Lipinski definition) is 1. The summed E-state index contributed by atoms with van der Waals surface area (Å²) in [6.07, 6.45) is -3.53. The van der Waals surface area contributed by atoms with Gasteiger partial charge in [-0.25, -0.2) is 4.98 Å². The van der Waals surface area contributed by atoms with E-state index in [-0.39, 0.29) is 6.54 Å². The number of alkyl halides is 3. The van der Waals surface area contributed by atoms with E-state index in [4.69, 9.17) is 0 Å². The summed E-state index contributed by atoms with van der Waals surface area (Å²) in [4.78, 5) is 5.59. The van der Waals surface area contributed by atoms with Crippen LogP contribution in [0.15, 0.2) is 12.1 Å². The average molecular weight is 303 g/mol. The predicted molar refractivity (Wildman–Crippen MR) is 79.5 cm³/mol. The molecular formula is C15H24F3N3. The van der Waals surface area contributed by atoms with Crippen LogP contribution >= 0.6 is 0 Å². The maximum absolute atomic E-state index is 12.6. The van der Waals surface area contributed by atoms with Gasteiger partial charge in [0, 0.05) is 24.8 Å². The first-order chi connectivity index (χ1) is 9.75. The van der Waals surface area contributed by atoms with Crippen molar-refractivity contribution in [2.45, 2.75) is 52.9 Å². The van der Waals surface area contributed by atoms with E-state index >= 15 is 0 Å². The van der Waals surface area contributed by atoms with Gasteiger partial charge in [-0.1, -0.05) is 20.8 Å². The van der Waals surface area contributed by atoms with Crippen molar-refractivity contribution in [1.82, 2.24) is 10.3 Å². The van der Waals surface area contributed by atoms with Crippen molar-refractivity contribution in [2.75, 3.05) is 18.0 Å². The molecule has 1 N–H and O–H groups in total. The van der Waals surface area contributed by atoms with Gasteiger partial charge in [-0.15, -0.1) is 0 Å². The van der Waals surface area contributed by atoms with Gasteiger partial charge in [0.1, 0.15) is 12.4 Å². The first-order valence-electron chi connectivity index (χ1n) is 7.30. The molecule has 0 saturated carbocycles. The Hall–Kier alpha value is -1.30. The Bertz CT molecular complexity index is 444. The highest BCUT2D eigenvalue weighted by molar-refractivity contribution is 5.43. The number of rotatable bonds is 7. The molecule has 0 saturated heterocycles. The summed E-state index contributed by atoms with van der Waals surface area (Å²) in [5.74, 6) is 0.398. The number of hydrogen-bond acceptors (Lipinski definition) is 3. The topological polar surface area (TPSA) is 28.2 Å². The second-order valence-corrected chi connectivity index (χ2v) is 5.34. The molecule has 0 atom stereocenters. The quantitative estimate of drug-likeness (QED) is 0.835. The van der Waals surface area contributed by atoms with E-state index in [1.54, 1.807) is 13.0 Å². The van der Waals surface area contributed by atoms with E-state index in [0.717, 1.165) is 11.3 Å². The molecule has 1 rings (SSSR count). The lowest BCUT2D eigenvalue weighted by Gasteiger charge is -2.24. The first kappa shape index (κ1) is 17.8. The maximum Gasteiger partial charge on any atom is 0.405 e. The van der Waals surface area contributed by atoms with Gasteiger partial charge < -0.3 is 10.2 Å². The highest BCUT2D eigenvalue weighted by atomic mass is 19.4. The monoisotopic (exact) mass is 303 g/mol. The van der Waals surface area contributed by atoms with Gasteiger partial charge in [0.15, 0.2) is 0 Å². The lowest BCUT2D eigenvalue weighted by atomic mass is 10.1. The van der Waals surface area contributed by atoms with Crippen LogP contribution in [0.3, 0.4) is 0 Å². The third kappa shape index (κ3) is 6.33. The minimum Gasteiger partial charge on any atom is -0.348 e. The number of aromatic nitrogens is 1. The molecule has 0 spiro atoms. The summed E-state index contributed by atoms with van der Waals surface area (Å²) in [6.45, 7) is 7.65. The number of nitrogens with zero attached hydrogens (tertiary/aromatic N) is 2. The van der Waals surface area contributed by atoms with Crippen molar-refractivity contribution in [3.05, 3.63) is 23.4 Å². The van der Waals surface area contributed by atoms with Crippen LogP contribution in [0.2, 0.25) is 0 Å². The standard InChI is InChI=1S/C15H24F3N3/c1-5-13-7-12(9-19-11(3)4)8-14(20-13)21(6-2)10-15(16,17)18/h7-8,11,19H,5-6,9-10H2,1-4H3. The summed E-state index contributed by atoms with van der Waals surface area (Å²) in [5.41, 5.74) is 1.78. The van der Waals surface area contributed by atoms with Gasteiger partial charge >= 0.3 is 6.18 Å². The largest absolute Gasteiger partial charge is 0.405 e. The van der Waals surface area contributed by atoms with Crippen LogP contribution in [0, 0.1) is 0 Å². The molecule has 0 aliphatic heterocycles. The van der Waals surface area contributed by atoms with Crippen molar-refractivity contribution in [3.63, 3.8) is 0 Å². The molecule has 0 fully saturated rings. The van der Waals surface area contributed by atoms with Gasteiger partial charge in [-0.05, 0) is 31.0 Å². The van der Waals surface area contributed by atoms with Gasteiger partial charge in [0.05, 0.1) is 0 Å². The van der Waals surface area contributed by atoms with E-state index in [1.165, 1.54) is 4.90 Å². The Morgan fingerprint density at radius 3 is 2.38 bits per heavy atom. The van der Waals surface area contributed by atoms with E-state index in [0.29, 0.717) is 24.8 Å². The first-order valence-corrected chi connectivity index (χ1v) is 7.30. The molecule has 0 amide bonds. The molecule has 6 heteroatoms. The molecule has 0 aliphatic rings. The van der Waals surface area contributed by atoms with Crippen molar-refractivity contribution in [2.24, 2.45) is 0 Å². The van der Waals surface area contributed by atoms with Crippen LogP contribution in [0.25, 0.3) is 0 Å².